The van der Waals surface area contributed by atoms with Crippen molar-refractivity contribution in [2.24, 2.45) is 0 Å². The SMILES string of the molecule is CC=CCS(=O)(=O)C(C)C(=O)N(C)C. The molecule has 82 valence electrons. The second kappa shape index (κ2) is 5.14. The first-order valence-electron chi connectivity index (χ1n) is 4.36. The van der Waals surface area contributed by atoms with E-state index < -0.39 is 15.1 Å². The van der Waals surface area contributed by atoms with Crippen LogP contribution in [0.15, 0.2) is 12.2 Å². The Balaban J connectivity index is 4.67. The third-order valence-corrected chi connectivity index (χ3v) is 3.83. The summed E-state index contributed by atoms with van der Waals surface area (Å²) in [4.78, 5) is 12.7. The molecule has 0 N–H and O–H groups in total. The predicted octanol–water partition coefficient (Wildman–Crippen LogP) is 0.454. The summed E-state index contributed by atoms with van der Waals surface area (Å²) in [6.07, 6.45) is 3.19. The highest BCUT2D eigenvalue weighted by atomic mass is 32.2. The van der Waals surface area contributed by atoms with Crippen molar-refractivity contribution in [2.45, 2.75) is 19.1 Å². The fraction of sp³-hybridized carbons (Fsp3) is 0.667. The number of carbonyl (C=O) groups excluding carboxylic acids is 1. The molecule has 0 fully saturated rings. The van der Waals surface area contributed by atoms with Gasteiger partial charge in [0.25, 0.3) is 0 Å². The Bertz CT molecular complexity index is 317. The molecule has 0 spiro atoms. The molecule has 1 unspecified atom stereocenters. The van der Waals surface area contributed by atoms with Gasteiger partial charge in [0.1, 0.15) is 5.25 Å². The third kappa shape index (κ3) is 3.49. The number of allylic oxidation sites excluding steroid dienone is 1. The van der Waals surface area contributed by atoms with Crippen LogP contribution in [0.3, 0.4) is 0 Å². The maximum atomic E-state index is 11.5. The van der Waals surface area contributed by atoms with E-state index in [0.717, 1.165) is 0 Å². The molecule has 14 heavy (non-hydrogen) atoms. The lowest BCUT2D eigenvalue weighted by molar-refractivity contribution is -0.127. The van der Waals surface area contributed by atoms with Gasteiger partial charge in [0.05, 0.1) is 5.75 Å². The van der Waals surface area contributed by atoms with Gasteiger partial charge in [-0.3, -0.25) is 4.79 Å². The Kier molecular flexibility index (Phi) is 4.83. The first-order valence-corrected chi connectivity index (χ1v) is 6.08. The van der Waals surface area contributed by atoms with Gasteiger partial charge in [-0.25, -0.2) is 8.42 Å². The van der Waals surface area contributed by atoms with Gasteiger partial charge in [0, 0.05) is 14.1 Å². The summed E-state index contributed by atoms with van der Waals surface area (Å²) in [5.41, 5.74) is 0. The first kappa shape index (κ1) is 13.2. The van der Waals surface area contributed by atoms with Crippen LogP contribution in [0.4, 0.5) is 0 Å². The molecule has 1 amide bonds. The Labute approximate surface area is 85.5 Å². The van der Waals surface area contributed by atoms with E-state index in [2.05, 4.69) is 0 Å². The number of hydrogen-bond acceptors (Lipinski definition) is 3. The highest BCUT2D eigenvalue weighted by Gasteiger charge is 2.27. The average molecular weight is 219 g/mol. The maximum absolute atomic E-state index is 11.5. The number of sulfone groups is 1. The fourth-order valence-electron chi connectivity index (χ4n) is 0.892. The van der Waals surface area contributed by atoms with E-state index in [4.69, 9.17) is 0 Å². The molecule has 0 aliphatic heterocycles. The van der Waals surface area contributed by atoms with Gasteiger partial charge in [-0.15, -0.1) is 0 Å². The standard InChI is InChI=1S/C9H17NO3S/c1-5-6-7-14(12,13)8(2)9(11)10(3)4/h5-6,8H,7H2,1-4H3. The van der Waals surface area contributed by atoms with Gasteiger partial charge in [0.2, 0.25) is 5.91 Å². The summed E-state index contributed by atoms with van der Waals surface area (Å²) >= 11 is 0. The van der Waals surface area contributed by atoms with Crippen molar-refractivity contribution in [3.05, 3.63) is 12.2 Å². The number of hydrogen-bond donors (Lipinski definition) is 0. The second-order valence-corrected chi connectivity index (χ2v) is 5.64. The molecule has 5 heteroatoms. The number of nitrogens with zero attached hydrogens (tertiary/aromatic N) is 1. The van der Waals surface area contributed by atoms with Crippen molar-refractivity contribution in [2.75, 3.05) is 19.8 Å². The normalized spacial score (nSPS) is 14.3. The van der Waals surface area contributed by atoms with Crippen LogP contribution in [0.25, 0.3) is 0 Å². The molecule has 0 aromatic heterocycles. The van der Waals surface area contributed by atoms with Crippen molar-refractivity contribution in [1.82, 2.24) is 4.90 Å². The molecule has 0 saturated heterocycles. The molecule has 0 aliphatic carbocycles. The van der Waals surface area contributed by atoms with Crippen LogP contribution in [0.5, 0.6) is 0 Å². The lowest BCUT2D eigenvalue weighted by Crippen LogP contribution is -2.37. The highest BCUT2D eigenvalue weighted by Crippen LogP contribution is 2.05. The predicted molar refractivity (Wildman–Crippen MR) is 56.8 cm³/mol. The Hall–Kier alpha value is -0.840. The summed E-state index contributed by atoms with van der Waals surface area (Å²) in [6, 6.07) is 0. The van der Waals surface area contributed by atoms with E-state index in [1.165, 1.54) is 17.9 Å². The molecule has 1 atom stereocenters. The Morgan fingerprint density at radius 3 is 2.29 bits per heavy atom. The lowest BCUT2D eigenvalue weighted by atomic mass is 10.4. The van der Waals surface area contributed by atoms with Crippen molar-refractivity contribution in [3.63, 3.8) is 0 Å². The molecule has 0 saturated carbocycles. The second-order valence-electron chi connectivity index (χ2n) is 3.27. The molecule has 4 nitrogen and oxygen atoms in total. The smallest absolute Gasteiger partial charge is 0.240 e. The highest BCUT2D eigenvalue weighted by molar-refractivity contribution is 7.92. The minimum absolute atomic E-state index is 0.0791. The number of carbonyl (C=O) groups is 1. The molecular weight excluding hydrogens is 202 g/mol. The van der Waals surface area contributed by atoms with E-state index in [0.29, 0.717) is 0 Å². The minimum Gasteiger partial charge on any atom is -0.348 e. The lowest BCUT2D eigenvalue weighted by Gasteiger charge is -2.16. The van der Waals surface area contributed by atoms with Crippen LogP contribution in [0.2, 0.25) is 0 Å². The molecule has 0 radical (unpaired) electrons. The maximum Gasteiger partial charge on any atom is 0.240 e. The van der Waals surface area contributed by atoms with Crippen molar-refractivity contribution >= 4 is 15.7 Å². The van der Waals surface area contributed by atoms with Crippen molar-refractivity contribution in [3.8, 4) is 0 Å². The van der Waals surface area contributed by atoms with Gasteiger partial charge in [0.15, 0.2) is 9.84 Å². The third-order valence-electron chi connectivity index (χ3n) is 1.89. The van der Waals surface area contributed by atoms with Gasteiger partial charge < -0.3 is 4.90 Å². The molecule has 0 heterocycles. The van der Waals surface area contributed by atoms with Crippen LogP contribution in [-0.2, 0) is 14.6 Å². The molecule has 0 aromatic carbocycles. The fourth-order valence-corrected chi connectivity index (χ4v) is 2.16. The summed E-state index contributed by atoms with van der Waals surface area (Å²) in [5, 5.41) is -0.964. The van der Waals surface area contributed by atoms with Crippen LogP contribution < -0.4 is 0 Å². The van der Waals surface area contributed by atoms with E-state index in [9.17, 15) is 13.2 Å². The van der Waals surface area contributed by atoms with E-state index in [-0.39, 0.29) is 11.7 Å². The molecule has 0 rings (SSSR count). The zero-order valence-corrected chi connectivity index (χ0v) is 9.84. The summed E-state index contributed by atoms with van der Waals surface area (Å²) in [7, 11) is -0.253. The molecule has 0 bridgehead atoms. The molecule has 0 aliphatic rings. The zero-order chi connectivity index (χ0) is 11.4. The number of rotatable bonds is 4. The zero-order valence-electron chi connectivity index (χ0n) is 9.02. The van der Waals surface area contributed by atoms with Crippen LogP contribution in [-0.4, -0.2) is 44.3 Å². The van der Waals surface area contributed by atoms with Gasteiger partial charge in [-0.2, -0.15) is 0 Å². The topological polar surface area (TPSA) is 54.5 Å². The van der Waals surface area contributed by atoms with Crippen LogP contribution in [0.1, 0.15) is 13.8 Å². The largest absolute Gasteiger partial charge is 0.348 e. The summed E-state index contributed by atoms with van der Waals surface area (Å²) in [6.45, 7) is 3.16. The quantitative estimate of drug-likeness (QED) is 0.645. The van der Waals surface area contributed by atoms with Gasteiger partial charge in [-0.1, -0.05) is 12.2 Å². The van der Waals surface area contributed by atoms with E-state index in [1.54, 1.807) is 27.1 Å². The van der Waals surface area contributed by atoms with Crippen LogP contribution >= 0.6 is 0 Å². The van der Waals surface area contributed by atoms with Crippen molar-refractivity contribution < 1.29 is 13.2 Å². The van der Waals surface area contributed by atoms with E-state index >= 15 is 0 Å². The van der Waals surface area contributed by atoms with E-state index in [1.807, 2.05) is 0 Å². The molecule has 0 aromatic rings. The average Bonchev–Trinajstić information content (AvgIpc) is 2.12. The number of amides is 1. The first-order chi connectivity index (χ1) is 6.33. The Morgan fingerprint density at radius 1 is 1.43 bits per heavy atom. The molecular formula is C9H17NO3S. The van der Waals surface area contributed by atoms with Crippen LogP contribution in [0, 0.1) is 0 Å². The Morgan fingerprint density at radius 2 is 1.93 bits per heavy atom. The minimum atomic E-state index is -3.34. The summed E-state index contributed by atoms with van der Waals surface area (Å²) in [5.74, 6) is -0.459. The van der Waals surface area contributed by atoms with Gasteiger partial charge >= 0.3 is 0 Å². The van der Waals surface area contributed by atoms with Gasteiger partial charge in [-0.05, 0) is 13.8 Å². The summed E-state index contributed by atoms with van der Waals surface area (Å²) < 4.78 is 23.1. The van der Waals surface area contributed by atoms with Crippen molar-refractivity contribution in [1.29, 1.82) is 0 Å². The monoisotopic (exact) mass is 219 g/mol.